The van der Waals surface area contributed by atoms with Crippen molar-refractivity contribution in [1.29, 1.82) is 0 Å². The van der Waals surface area contributed by atoms with Gasteiger partial charge in [-0.05, 0) is 73.6 Å². The zero-order valence-electron chi connectivity index (χ0n) is 16.2. The highest BCUT2D eigenvalue weighted by molar-refractivity contribution is 5.86. The summed E-state index contributed by atoms with van der Waals surface area (Å²) in [5.41, 5.74) is 5.12. The molecule has 2 aliphatic rings. The number of hydrogen-bond donors (Lipinski definition) is 2. The van der Waals surface area contributed by atoms with Crippen LogP contribution in [-0.2, 0) is 6.42 Å². The Hall–Kier alpha value is -2.17. The number of H-pyrrole nitrogens is 1. The third kappa shape index (κ3) is 3.47. The zero-order chi connectivity index (χ0) is 18.2. The molecule has 28 heavy (non-hydrogen) atoms. The van der Waals surface area contributed by atoms with Gasteiger partial charge in [-0.1, -0.05) is 12.1 Å². The quantitative estimate of drug-likeness (QED) is 0.638. The van der Waals surface area contributed by atoms with Gasteiger partial charge in [0.25, 0.3) is 0 Å². The molecule has 0 spiro atoms. The summed E-state index contributed by atoms with van der Waals surface area (Å²) in [5, 5.41) is 4.95. The molecule has 5 rings (SSSR count). The van der Waals surface area contributed by atoms with Crippen molar-refractivity contribution in [3.05, 3.63) is 59.3 Å². The predicted octanol–water partition coefficient (Wildman–Crippen LogP) is 5.15. The van der Waals surface area contributed by atoms with Crippen LogP contribution >= 0.6 is 12.4 Å². The number of benzene rings is 2. The summed E-state index contributed by atoms with van der Waals surface area (Å²) in [6.45, 7) is 0.974. The number of aromatic nitrogens is 1. The van der Waals surface area contributed by atoms with Gasteiger partial charge in [0.1, 0.15) is 11.5 Å². The number of aromatic amines is 1. The van der Waals surface area contributed by atoms with Crippen LogP contribution in [0.3, 0.4) is 0 Å². The third-order valence-electron chi connectivity index (χ3n) is 5.98. The molecule has 1 fully saturated rings. The van der Waals surface area contributed by atoms with Gasteiger partial charge in [0, 0.05) is 23.1 Å². The van der Waals surface area contributed by atoms with E-state index < -0.39 is 0 Å². The maximum atomic E-state index is 6.12. The first-order valence-electron chi connectivity index (χ1n) is 10.0. The van der Waals surface area contributed by atoms with Crippen molar-refractivity contribution in [2.45, 2.75) is 44.2 Å². The van der Waals surface area contributed by atoms with E-state index >= 15 is 0 Å². The standard InChI is InChI=1S/C23H26N2O2.ClH/c1-26-18-10-11-21-20(14-18)19-12-13-24-22(23(19)25-21)15-6-8-17(9-7-15)27-16-4-2-3-5-16;/h6-11,14,16,22,24-25H,2-5,12-13H2,1H3;1H. The lowest BCUT2D eigenvalue weighted by Gasteiger charge is -2.25. The Morgan fingerprint density at radius 2 is 1.71 bits per heavy atom. The Morgan fingerprint density at radius 3 is 2.46 bits per heavy atom. The van der Waals surface area contributed by atoms with Crippen molar-refractivity contribution in [1.82, 2.24) is 10.3 Å². The number of ether oxygens (including phenoxy) is 2. The fourth-order valence-electron chi connectivity index (χ4n) is 4.56. The smallest absolute Gasteiger partial charge is 0.119 e. The fraction of sp³-hybridized carbons (Fsp3) is 0.391. The second-order valence-electron chi connectivity index (χ2n) is 7.66. The Morgan fingerprint density at radius 1 is 0.964 bits per heavy atom. The summed E-state index contributed by atoms with van der Waals surface area (Å²) in [6, 6.07) is 15.1. The minimum atomic E-state index is 0. The topological polar surface area (TPSA) is 46.3 Å². The first-order valence-corrected chi connectivity index (χ1v) is 10.0. The van der Waals surface area contributed by atoms with Crippen LogP contribution in [0.25, 0.3) is 10.9 Å². The molecule has 0 bridgehead atoms. The second-order valence-corrected chi connectivity index (χ2v) is 7.66. The summed E-state index contributed by atoms with van der Waals surface area (Å²) >= 11 is 0. The maximum Gasteiger partial charge on any atom is 0.119 e. The van der Waals surface area contributed by atoms with Crippen LogP contribution in [0.5, 0.6) is 11.5 Å². The summed E-state index contributed by atoms with van der Waals surface area (Å²) in [7, 11) is 1.72. The zero-order valence-corrected chi connectivity index (χ0v) is 17.0. The van der Waals surface area contributed by atoms with E-state index in [1.807, 2.05) is 6.07 Å². The first kappa shape index (κ1) is 19.2. The average molecular weight is 399 g/mol. The van der Waals surface area contributed by atoms with Crippen LogP contribution in [-0.4, -0.2) is 24.7 Å². The third-order valence-corrected chi connectivity index (χ3v) is 5.98. The van der Waals surface area contributed by atoms with E-state index in [0.717, 1.165) is 24.5 Å². The minimum Gasteiger partial charge on any atom is -0.497 e. The number of halogens is 1. The molecule has 1 aromatic heterocycles. The lowest BCUT2D eigenvalue weighted by Crippen LogP contribution is -2.30. The fourth-order valence-corrected chi connectivity index (χ4v) is 4.56. The number of rotatable bonds is 4. The monoisotopic (exact) mass is 398 g/mol. The summed E-state index contributed by atoms with van der Waals surface area (Å²) < 4.78 is 11.5. The highest BCUT2D eigenvalue weighted by Crippen LogP contribution is 2.35. The molecule has 2 heterocycles. The highest BCUT2D eigenvalue weighted by atomic mass is 35.5. The summed E-state index contributed by atoms with van der Waals surface area (Å²) in [4.78, 5) is 3.64. The Labute approximate surface area is 172 Å². The molecule has 0 saturated heterocycles. The van der Waals surface area contributed by atoms with Gasteiger partial charge in [-0.25, -0.2) is 0 Å². The van der Waals surface area contributed by atoms with Gasteiger partial charge in [-0.15, -0.1) is 12.4 Å². The molecule has 1 saturated carbocycles. The number of methoxy groups -OCH3 is 1. The Balaban J connectivity index is 0.00000192. The van der Waals surface area contributed by atoms with Crippen molar-refractivity contribution in [2.24, 2.45) is 0 Å². The van der Waals surface area contributed by atoms with E-state index in [-0.39, 0.29) is 18.4 Å². The van der Waals surface area contributed by atoms with E-state index in [4.69, 9.17) is 9.47 Å². The van der Waals surface area contributed by atoms with Gasteiger partial charge in [-0.2, -0.15) is 0 Å². The molecule has 3 aromatic rings. The van der Waals surface area contributed by atoms with Crippen LogP contribution in [0.15, 0.2) is 42.5 Å². The van der Waals surface area contributed by atoms with E-state index in [2.05, 4.69) is 46.7 Å². The summed E-state index contributed by atoms with van der Waals surface area (Å²) in [5.74, 6) is 1.90. The maximum absolute atomic E-state index is 6.12. The molecule has 0 radical (unpaired) electrons. The van der Waals surface area contributed by atoms with Gasteiger partial charge in [0.15, 0.2) is 0 Å². The van der Waals surface area contributed by atoms with Gasteiger partial charge in [0.2, 0.25) is 0 Å². The van der Waals surface area contributed by atoms with E-state index in [9.17, 15) is 0 Å². The average Bonchev–Trinajstić information content (AvgIpc) is 3.35. The molecular weight excluding hydrogens is 372 g/mol. The number of hydrogen-bond acceptors (Lipinski definition) is 3. The van der Waals surface area contributed by atoms with Crippen LogP contribution in [0.4, 0.5) is 0 Å². The molecule has 4 nitrogen and oxygen atoms in total. The lowest BCUT2D eigenvalue weighted by molar-refractivity contribution is 0.210. The van der Waals surface area contributed by atoms with E-state index in [1.54, 1.807) is 7.11 Å². The van der Waals surface area contributed by atoms with Gasteiger partial charge < -0.3 is 19.8 Å². The normalized spacial score (nSPS) is 19.2. The molecule has 1 aliphatic carbocycles. The molecule has 5 heteroatoms. The second kappa shape index (κ2) is 8.06. The number of nitrogens with one attached hydrogen (secondary N) is 2. The molecule has 1 aliphatic heterocycles. The predicted molar refractivity (Wildman–Crippen MR) is 115 cm³/mol. The van der Waals surface area contributed by atoms with Crippen LogP contribution in [0, 0.1) is 0 Å². The van der Waals surface area contributed by atoms with Crippen LogP contribution < -0.4 is 14.8 Å². The van der Waals surface area contributed by atoms with E-state index in [0.29, 0.717) is 6.10 Å². The van der Waals surface area contributed by atoms with Gasteiger partial charge >= 0.3 is 0 Å². The van der Waals surface area contributed by atoms with Crippen LogP contribution in [0.2, 0.25) is 0 Å². The van der Waals surface area contributed by atoms with Crippen molar-refractivity contribution in [2.75, 3.05) is 13.7 Å². The molecule has 2 aromatic carbocycles. The molecule has 148 valence electrons. The highest BCUT2D eigenvalue weighted by Gasteiger charge is 2.25. The van der Waals surface area contributed by atoms with Crippen LogP contribution in [0.1, 0.15) is 48.5 Å². The molecule has 2 N–H and O–H groups in total. The van der Waals surface area contributed by atoms with Gasteiger partial charge in [0.05, 0.1) is 19.3 Å². The summed E-state index contributed by atoms with van der Waals surface area (Å²) in [6.07, 6.45) is 6.40. The minimum absolute atomic E-state index is 0. The van der Waals surface area contributed by atoms with Crippen molar-refractivity contribution < 1.29 is 9.47 Å². The molecule has 1 atom stereocenters. The number of fused-ring (bicyclic) bond motifs is 3. The molecule has 0 amide bonds. The molecular formula is C23H27ClN2O2. The van der Waals surface area contributed by atoms with Crippen molar-refractivity contribution >= 4 is 23.3 Å². The SMILES string of the molecule is COc1ccc2[nH]c3c(c2c1)CCNC3c1ccc(OC2CCCC2)cc1.Cl. The van der Waals surface area contributed by atoms with Crippen molar-refractivity contribution in [3.63, 3.8) is 0 Å². The Kier molecular flexibility index (Phi) is 5.51. The van der Waals surface area contributed by atoms with Crippen molar-refractivity contribution in [3.8, 4) is 11.5 Å². The van der Waals surface area contributed by atoms with E-state index in [1.165, 1.54) is 53.4 Å². The first-order chi connectivity index (χ1) is 13.3. The lowest BCUT2D eigenvalue weighted by atomic mass is 9.94. The molecule has 1 unspecified atom stereocenters. The largest absolute Gasteiger partial charge is 0.497 e. The van der Waals surface area contributed by atoms with Gasteiger partial charge in [-0.3, -0.25) is 0 Å². The Bertz CT molecular complexity index is 945.